The summed E-state index contributed by atoms with van der Waals surface area (Å²) in [5.41, 5.74) is 0.439. The lowest BCUT2D eigenvalue weighted by atomic mass is 10.2. The first kappa shape index (κ1) is 18.8. The standard InChI is InChI=1S/C17H17ClN2O4S/c1-3-10-19-17(21)12-8-9-13(18)16(11-12)25(22,23)20-14-6-4-5-7-15(14)24-2/h3-9,11,20H,1,10H2,2H3,(H,19,21). The van der Waals surface area contributed by atoms with Crippen molar-refractivity contribution in [3.8, 4) is 5.75 Å². The summed E-state index contributed by atoms with van der Waals surface area (Å²) in [6.07, 6.45) is 1.52. The first-order chi connectivity index (χ1) is 11.9. The van der Waals surface area contributed by atoms with E-state index in [0.717, 1.165) is 0 Å². The third kappa shape index (κ3) is 4.52. The molecule has 2 N–H and O–H groups in total. The van der Waals surface area contributed by atoms with Gasteiger partial charge in [0.15, 0.2) is 0 Å². The minimum atomic E-state index is -4.02. The van der Waals surface area contributed by atoms with Crippen molar-refractivity contribution in [2.75, 3.05) is 18.4 Å². The van der Waals surface area contributed by atoms with Gasteiger partial charge in [-0.3, -0.25) is 9.52 Å². The summed E-state index contributed by atoms with van der Waals surface area (Å²) in [6.45, 7) is 3.77. The zero-order valence-electron chi connectivity index (χ0n) is 13.5. The van der Waals surface area contributed by atoms with E-state index >= 15 is 0 Å². The highest BCUT2D eigenvalue weighted by atomic mass is 35.5. The van der Waals surface area contributed by atoms with E-state index in [2.05, 4.69) is 16.6 Å². The number of ether oxygens (including phenoxy) is 1. The summed E-state index contributed by atoms with van der Waals surface area (Å²) in [5, 5.41) is 2.58. The molecule has 0 aromatic heterocycles. The van der Waals surface area contributed by atoms with E-state index in [0.29, 0.717) is 5.75 Å². The van der Waals surface area contributed by atoms with E-state index in [-0.39, 0.29) is 27.7 Å². The number of benzene rings is 2. The Hall–Kier alpha value is -2.51. The predicted molar refractivity (Wildman–Crippen MR) is 97.8 cm³/mol. The Morgan fingerprint density at radius 1 is 1.28 bits per heavy atom. The monoisotopic (exact) mass is 380 g/mol. The van der Waals surface area contributed by atoms with Gasteiger partial charge in [0, 0.05) is 12.1 Å². The lowest BCUT2D eigenvalue weighted by molar-refractivity contribution is 0.0958. The normalized spacial score (nSPS) is 10.8. The molecule has 0 spiro atoms. The molecule has 0 aliphatic rings. The number of para-hydroxylation sites is 2. The van der Waals surface area contributed by atoms with Gasteiger partial charge in [-0.1, -0.05) is 29.8 Å². The van der Waals surface area contributed by atoms with Gasteiger partial charge in [0.1, 0.15) is 10.6 Å². The van der Waals surface area contributed by atoms with E-state index in [1.54, 1.807) is 24.3 Å². The SMILES string of the molecule is C=CCNC(=O)c1ccc(Cl)c(S(=O)(=O)Nc2ccccc2OC)c1. The van der Waals surface area contributed by atoms with Crippen LogP contribution in [0.3, 0.4) is 0 Å². The molecule has 0 aliphatic heterocycles. The summed E-state index contributed by atoms with van der Waals surface area (Å²) < 4.78 is 32.9. The van der Waals surface area contributed by atoms with Crippen molar-refractivity contribution < 1.29 is 17.9 Å². The van der Waals surface area contributed by atoms with Gasteiger partial charge in [-0.2, -0.15) is 0 Å². The molecular weight excluding hydrogens is 364 g/mol. The Morgan fingerprint density at radius 3 is 2.68 bits per heavy atom. The molecule has 0 atom stereocenters. The minimum Gasteiger partial charge on any atom is -0.495 e. The molecule has 2 aromatic rings. The van der Waals surface area contributed by atoms with Gasteiger partial charge in [0.2, 0.25) is 0 Å². The van der Waals surface area contributed by atoms with Crippen molar-refractivity contribution in [3.05, 3.63) is 65.7 Å². The average Bonchev–Trinajstić information content (AvgIpc) is 2.60. The molecule has 2 aromatic carbocycles. The van der Waals surface area contributed by atoms with Gasteiger partial charge in [0.05, 0.1) is 17.8 Å². The van der Waals surface area contributed by atoms with Crippen LogP contribution in [0.25, 0.3) is 0 Å². The highest BCUT2D eigenvalue weighted by Gasteiger charge is 2.21. The van der Waals surface area contributed by atoms with Gasteiger partial charge in [0.25, 0.3) is 15.9 Å². The van der Waals surface area contributed by atoms with Gasteiger partial charge >= 0.3 is 0 Å². The summed E-state index contributed by atoms with van der Waals surface area (Å²) >= 11 is 6.03. The van der Waals surface area contributed by atoms with E-state index < -0.39 is 15.9 Å². The summed E-state index contributed by atoms with van der Waals surface area (Å²) in [5.74, 6) is -0.0626. The van der Waals surface area contributed by atoms with Gasteiger partial charge < -0.3 is 10.1 Å². The van der Waals surface area contributed by atoms with Crippen molar-refractivity contribution in [1.29, 1.82) is 0 Å². The van der Waals surface area contributed by atoms with Gasteiger partial charge in [-0.15, -0.1) is 6.58 Å². The molecule has 0 saturated carbocycles. The number of carbonyl (C=O) groups excluding carboxylic acids is 1. The number of sulfonamides is 1. The molecule has 0 unspecified atom stereocenters. The Kier molecular flexibility index (Phi) is 6.06. The largest absolute Gasteiger partial charge is 0.495 e. The second kappa shape index (κ2) is 8.04. The van der Waals surface area contributed by atoms with Crippen LogP contribution in [0.15, 0.2) is 60.0 Å². The molecule has 0 fully saturated rings. The number of nitrogens with one attached hydrogen (secondary N) is 2. The second-order valence-corrected chi connectivity index (χ2v) is 7.01. The predicted octanol–water partition coefficient (Wildman–Crippen LogP) is 3.07. The van der Waals surface area contributed by atoms with E-state index in [4.69, 9.17) is 16.3 Å². The molecule has 0 saturated heterocycles. The summed E-state index contributed by atoms with van der Waals surface area (Å²) in [4.78, 5) is 11.8. The van der Waals surface area contributed by atoms with Crippen LogP contribution in [0.2, 0.25) is 5.02 Å². The lowest BCUT2D eigenvalue weighted by Crippen LogP contribution is -2.23. The number of anilines is 1. The number of hydrogen-bond acceptors (Lipinski definition) is 4. The van der Waals surface area contributed by atoms with Crippen LogP contribution in [0.4, 0.5) is 5.69 Å². The molecule has 6 nitrogen and oxygen atoms in total. The Bertz CT molecular complexity index is 897. The van der Waals surface area contributed by atoms with Crippen LogP contribution in [0.1, 0.15) is 10.4 Å². The van der Waals surface area contributed by atoms with Gasteiger partial charge in [-0.05, 0) is 30.3 Å². The zero-order valence-corrected chi connectivity index (χ0v) is 15.0. The van der Waals surface area contributed by atoms with Gasteiger partial charge in [-0.25, -0.2) is 8.42 Å². The highest BCUT2D eigenvalue weighted by Crippen LogP contribution is 2.29. The number of amides is 1. The maximum atomic E-state index is 12.7. The lowest BCUT2D eigenvalue weighted by Gasteiger charge is -2.13. The van der Waals surface area contributed by atoms with E-state index in [9.17, 15) is 13.2 Å². The average molecular weight is 381 g/mol. The molecule has 0 heterocycles. The number of hydrogen-bond donors (Lipinski definition) is 2. The Morgan fingerprint density at radius 2 is 2.00 bits per heavy atom. The van der Waals surface area contributed by atoms with Crippen LogP contribution in [-0.2, 0) is 10.0 Å². The smallest absolute Gasteiger partial charge is 0.263 e. The zero-order chi connectivity index (χ0) is 18.4. The molecule has 25 heavy (non-hydrogen) atoms. The number of carbonyl (C=O) groups is 1. The Balaban J connectivity index is 2.38. The molecule has 132 valence electrons. The molecule has 8 heteroatoms. The fourth-order valence-corrected chi connectivity index (χ4v) is 3.64. The molecule has 0 radical (unpaired) electrons. The van der Waals surface area contributed by atoms with Crippen LogP contribution in [0.5, 0.6) is 5.75 Å². The molecule has 0 aliphatic carbocycles. The molecule has 2 rings (SSSR count). The third-order valence-electron chi connectivity index (χ3n) is 3.24. The van der Waals surface area contributed by atoms with Crippen LogP contribution < -0.4 is 14.8 Å². The second-order valence-electron chi connectivity index (χ2n) is 4.95. The van der Waals surface area contributed by atoms with Crippen molar-refractivity contribution in [1.82, 2.24) is 5.32 Å². The quantitative estimate of drug-likeness (QED) is 0.723. The van der Waals surface area contributed by atoms with Crippen molar-refractivity contribution >= 4 is 33.2 Å². The van der Waals surface area contributed by atoms with Crippen molar-refractivity contribution in [3.63, 3.8) is 0 Å². The van der Waals surface area contributed by atoms with E-state index in [1.807, 2.05) is 0 Å². The third-order valence-corrected chi connectivity index (χ3v) is 5.09. The molecule has 1 amide bonds. The maximum absolute atomic E-state index is 12.7. The number of methoxy groups -OCH3 is 1. The Labute approximate surface area is 151 Å². The first-order valence-electron chi connectivity index (χ1n) is 7.23. The minimum absolute atomic E-state index is 0.00247. The van der Waals surface area contributed by atoms with Crippen LogP contribution in [-0.4, -0.2) is 28.0 Å². The summed E-state index contributed by atoms with van der Waals surface area (Å²) in [7, 11) is -2.58. The highest BCUT2D eigenvalue weighted by molar-refractivity contribution is 7.92. The first-order valence-corrected chi connectivity index (χ1v) is 9.09. The van der Waals surface area contributed by atoms with E-state index in [1.165, 1.54) is 31.4 Å². The fourth-order valence-electron chi connectivity index (χ4n) is 2.05. The fraction of sp³-hybridized carbons (Fsp3) is 0.118. The molecular formula is C17H17ClN2O4S. The van der Waals surface area contributed by atoms with Crippen LogP contribution >= 0.6 is 11.6 Å². The maximum Gasteiger partial charge on any atom is 0.263 e. The topological polar surface area (TPSA) is 84.5 Å². The van der Waals surface area contributed by atoms with Crippen molar-refractivity contribution in [2.45, 2.75) is 4.90 Å². The summed E-state index contributed by atoms with van der Waals surface area (Å²) in [6, 6.07) is 10.6. The molecule has 0 bridgehead atoms. The number of rotatable bonds is 7. The number of halogens is 1. The van der Waals surface area contributed by atoms with Crippen molar-refractivity contribution in [2.24, 2.45) is 0 Å². The van der Waals surface area contributed by atoms with Crippen LogP contribution in [0, 0.1) is 0 Å².